The number of benzene rings is 1. The average Bonchev–Trinajstić information content (AvgIpc) is 2.79. The van der Waals surface area contributed by atoms with E-state index in [0.29, 0.717) is 6.54 Å². The normalized spacial score (nSPS) is 23.4. The lowest BCUT2D eigenvalue weighted by Gasteiger charge is -2.29. The van der Waals surface area contributed by atoms with Crippen LogP contribution in [0.3, 0.4) is 0 Å². The molecule has 0 spiro atoms. The molecule has 1 fully saturated rings. The SMILES string of the molecule is Cc1cc(CN2CCC(C(=O)O)(C(C)C)C2)ccc1Br. The second kappa shape index (κ2) is 5.86. The molecule has 0 radical (unpaired) electrons. The fourth-order valence-electron chi connectivity index (χ4n) is 3.01. The Labute approximate surface area is 129 Å². The summed E-state index contributed by atoms with van der Waals surface area (Å²) in [6, 6.07) is 6.33. The summed E-state index contributed by atoms with van der Waals surface area (Å²) in [6.45, 7) is 8.45. The van der Waals surface area contributed by atoms with Gasteiger partial charge in [-0.1, -0.05) is 41.9 Å². The smallest absolute Gasteiger partial charge is 0.311 e. The van der Waals surface area contributed by atoms with E-state index in [9.17, 15) is 9.90 Å². The lowest BCUT2D eigenvalue weighted by molar-refractivity contribution is -0.151. The molecule has 1 aliphatic heterocycles. The maximum atomic E-state index is 11.6. The van der Waals surface area contributed by atoms with Crippen molar-refractivity contribution in [3.63, 3.8) is 0 Å². The van der Waals surface area contributed by atoms with Gasteiger partial charge in [-0.15, -0.1) is 0 Å². The van der Waals surface area contributed by atoms with Gasteiger partial charge in [0.15, 0.2) is 0 Å². The van der Waals surface area contributed by atoms with Gasteiger partial charge in [-0.25, -0.2) is 0 Å². The summed E-state index contributed by atoms with van der Waals surface area (Å²) in [7, 11) is 0. The highest BCUT2D eigenvalue weighted by Gasteiger charge is 2.46. The minimum absolute atomic E-state index is 0.164. The topological polar surface area (TPSA) is 40.5 Å². The molecule has 0 aromatic heterocycles. The fraction of sp³-hybridized carbons (Fsp3) is 0.562. The van der Waals surface area contributed by atoms with Gasteiger partial charge in [0.1, 0.15) is 0 Å². The molecule has 1 aromatic rings. The molecule has 4 heteroatoms. The van der Waals surface area contributed by atoms with Crippen molar-refractivity contribution in [3.05, 3.63) is 33.8 Å². The third-order valence-corrected chi connectivity index (χ3v) is 5.43. The van der Waals surface area contributed by atoms with Crippen molar-refractivity contribution >= 4 is 21.9 Å². The molecule has 1 aliphatic rings. The fourth-order valence-corrected chi connectivity index (χ4v) is 3.25. The van der Waals surface area contributed by atoms with Crippen LogP contribution in [0.25, 0.3) is 0 Å². The van der Waals surface area contributed by atoms with Gasteiger partial charge in [-0.2, -0.15) is 0 Å². The maximum absolute atomic E-state index is 11.6. The van der Waals surface area contributed by atoms with Crippen molar-refractivity contribution in [1.82, 2.24) is 4.90 Å². The second-order valence-corrected chi connectivity index (χ2v) is 7.01. The molecule has 110 valence electrons. The summed E-state index contributed by atoms with van der Waals surface area (Å²) in [5.74, 6) is -0.487. The van der Waals surface area contributed by atoms with Crippen LogP contribution in [-0.4, -0.2) is 29.1 Å². The molecule has 0 aliphatic carbocycles. The quantitative estimate of drug-likeness (QED) is 0.909. The van der Waals surface area contributed by atoms with E-state index in [1.165, 1.54) is 11.1 Å². The van der Waals surface area contributed by atoms with Gasteiger partial charge in [0, 0.05) is 17.6 Å². The molecule has 0 bridgehead atoms. The molecule has 1 saturated heterocycles. The highest BCUT2D eigenvalue weighted by Crippen LogP contribution is 2.38. The Bertz CT molecular complexity index is 515. The number of halogens is 1. The molecule has 1 aromatic carbocycles. The first-order valence-corrected chi connectivity index (χ1v) is 7.85. The van der Waals surface area contributed by atoms with E-state index in [0.717, 1.165) is 24.0 Å². The predicted octanol–water partition coefficient (Wildman–Crippen LogP) is 3.69. The van der Waals surface area contributed by atoms with Gasteiger partial charge in [0.2, 0.25) is 0 Å². The number of hydrogen-bond acceptors (Lipinski definition) is 2. The van der Waals surface area contributed by atoms with E-state index in [4.69, 9.17) is 0 Å². The number of carboxylic acid groups (broad SMARTS) is 1. The molecular formula is C16H22BrNO2. The van der Waals surface area contributed by atoms with Crippen LogP contribution in [0.2, 0.25) is 0 Å². The highest BCUT2D eigenvalue weighted by atomic mass is 79.9. The second-order valence-electron chi connectivity index (χ2n) is 6.16. The van der Waals surface area contributed by atoms with Gasteiger partial charge in [-0.3, -0.25) is 9.69 Å². The third-order valence-electron chi connectivity index (χ3n) is 4.54. The number of rotatable bonds is 4. The van der Waals surface area contributed by atoms with Gasteiger partial charge < -0.3 is 5.11 Å². The minimum Gasteiger partial charge on any atom is -0.481 e. The Balaban J connectivity index is 2.09. The van der Waals surface area contributed by atoms with Crippen LogP contribution in [0.5, 0.6) is 0 Å². The standard InChI is InChI=1S/C16H22BrNO2/c1-11(2)16(15(19)20)6-7-18(10-16)9-13-4-5-14(17)12(3)8-13/h4-5,8,11H,6-7,9-10H2,1-3H3,(H,19,20). The van der Waals surface area contributed by atoms with Crippen LogP contribution in [0.4, 0.5) is 0 Å². The van der Waals surface area contributed by atoms with Gasteiger partial charge in [0.05, 0.1) is 5.41 Å². The van der Waals surface area contributed by atoms with Crippen LogP contribution >= 0.6 is 15.9 Å². The van der Waals surface area contributed by atoms with E-state index in [1.807, 2.05) is 13.8 Å². The molecule has 3 nitrogen and oxygen atoms in total. The summed E-state index contributed by atoms with van der Waals surface area (Å²) in [5, 5.41) is 9.57. The number of aliphatic carboxylic acids is 1. The van der Waals surface area contributed by atoms with E-state index in [-0.39, 0.29) is 5.92 Å². The number of aryl methyl sites for hydroxylation is 1. The summed E-state index contributed by atoms with van der Waals surface area (Å²) in [6.07, 6.45) is 0.746. The van der Waals surface area contributed by atoms with Gasteiger partial charge >= 0.3 is 5.97 Å². The number of hydrogen-bond donors (Lipinski definition) is 1. The van der Waals surface area contributed by atoms with Crippen molar-refractivity contribution < 1.29 is 9.90 Å². The van der Waals surface area contributed by atoms with Crippen LogP contribution in [0.1, 0.15) is 31.4 Å². The minimum atomic E-state index is -0.651. The predicted molar refractivity (Wildman–Crippen MR) is 83.7 cm³/mol. The van der Waals surface area contributed by atoms with E-state index >= 15 is 0 Å². The van der Waals surface area contributed by atoms with Crippen molar-refractivity contribution in [2.75, 3.05) is 13.1 Å². The van der Waals surface area contributed by atoms with Crippen molar-refractivity contribution in [2.45, 2.75) is 33.7 Å². The Kier molecular flexibility index (Phi) is 4.55. The lowest BCUT2D eigenvalue weighted by Crippen LogP contribution is -2.39. The molecule has 1 heterocycles. The summed E-state index contributed by atoms with van der Waals surface area (Å²) in [4.78, 5) is 13.9. The third kappa shape index (κ3) is 2.91. The monoisotopic (exact) mass is 339 g/mol. The number of nitrogens with zero attached hydrogens (tertiary/aromatic N) is 1. The van der Waals surface area contributed by atoms with Crippen molar-refractivity contribution in [1.29, 1.82) is 0 Å². The average molecular weight is 340 g/mol. The van der Waals surface area contributed by atoms with Crippen molar-refractivity contribution in [3.8, 4) is 0 Å². The van der Waals surface area contributed by atoms with Crippen LogP contribution in [0.15, 0.2) is 22.7 Å². The largest absolute Gasteiger partial charge is 0.481 e. The number of carboxylic acids is 1. The lowest BCUT2D eigenvalue weighted by atomic mass is 9.76. The van der Waals surface area contributed by atoms with Crippen molar-refractivity contribution in [2.24, 2.45) is 11.3 Å². The summed E-state index contributed by atoms with van der Waals surface area (Å²) in [5.41, 5.74) is 1.88. The van der Waals surface area contributed by atoms with E-state index in [2.05, 4.69) is 46.0 Å². The van der Waals surface area contributed by atoms with E-state index in [1.54, 1.807) is 0 Å². The highest BCUT2D eigenvalue weighted by molar-refractivity contribution is 9.10. The Morgan fingerprint density at radius 1 is 1.50 bits per heavy atom. The molecule has 1 N–H and O–H groups in total. The van der Waals surface area contributed by atoms with Gasteiger partial charge in [0.25, 0.3) is 0 Å². The van der Waals surface area contributed by atoms with Crippen LogP contribution in [0, 0.1) is 18.3 Å². The van der Waals surface area contributed by atoms with Crippen LogP contribution < -0.4 is 0 Å². The summed E-state index contributed by atoms with van der Waals surface area (Å²) >= 11 is 3.51. The summed E-state index contributed by atoms with van der Waals surface area (Å²) < 4.78 is 1.12. The molecule has 20 heavy (non-hydrogen) atoms. The zero-order valence-corrected chi connectivity index (χ0v) is 13.9. The molecule has 1 atom stereocenters. The zero-order valence-electron chi connectivity index (χ0n) is 12.3. The molecule has 0 amide bonds. The Morgan fingerprint density at radius 2 is 2.20 bits per heavy atom. The van der Waals surface area contributed by atoms with Crippen LogP contribution in [-0.2, 0) is 11.3 Å². The Hall–Kier alpha value is -0.870. The maximum Gasteiger partial charge on any atom is 0.311 e. The molecule has 0 saturated carbocycles. The number of likely N-dealkylation sites (tertiary alicyclic amines) is 1. The van der Waals surface area contributed by atoms with Gasteiger partial charge in [-0.05, 0) is 43.0 Å². The molecule has 2 rings (SSSR count). The number of carbonyl (C=O) groups is 1. The first kappa shape index (κ1) is 15.5. The Morgan fingerprint density at radius 3 is 2.70 bits per heavy atom. The molecule has 1 unspecified atom stereocenters. The first-order valence-electron chi connectivity index (χ1n) is 7.06. The van der Waals surface area contributed by atoms with E-state index < -0.39 is 11.4 Å². The molecular weight excluding hydrogens is 318 g/mol. The zero-order chi connectivity index (χ0) is 14.9. The first-order chi connectivity index (χ1) is 9.35.